The van der Waals surface area contributed by atoms with Crippen molar-refractivity contribution in [1.29, 1.82) is 0 Å². The lowest BCUT2D eigenvalue weighted by molar-refractivity contribution is -0.123. The molecule has 7 heteroatoms. The van der Waals surface area contributed by atoms with Crippen LogP contribution in [0.1, 0.15) is 24.5 Å². The Morgan fingerprint density at radius 1 is 1.11 bits per heavy atom. The Morgan fingerprint density at radius 2 is 1.86 bits per heavy atom. The third-order valence-corrected chi connectivity index (χ3v) is 6.34. The summed E-state index contributed by atoms with van der Waals surface area (Å²) in [7, 11) is 1.59. The number of benzene rings is 3. The number of hydrogen-bond acceptors (Lipinski definition) is 4. The second-order valence-corrected chi connectivity index (χ2v) is 9.21. The number of rotatable bonds is 8. The topological polar surface area (TPSA) is 67.9 Å². The lowest BCUT2D eigenvalue weighted by Crippen LogP contribution is -2.46. The third kappa shape index (κ3) is 6.11. The molecule has 6 nitrogen and oxygen atoms in total. The lowest BCUT2D eigenvalue weighted by Gasteiger charge is -2.30. The quantitative estimate of drug-likeness (QED) is 0.395. The highest BCUT2D eigenvalue weighted by molar-refractivity contribution is 9.10. The summed E-state index contributed by atoms with van der Waals surface area (Å²) < 4.78 is 12.0. The average molecular weight is 535 g/mol. The molecule has 0 fully saturated rings. The normalized spacial score (nSPS) is 14.8. The van der Waals surface area contributed by atoms with Gasteiger partial charge in [-0.15, -0.1) is 0 Å². The van der Waals surface area contributed by atoms with Gasteiger partial charge in [-0.05, 0) is 77.2 Å². The van der Waals surface area contributed by atoms with Crippen molar-refractivity contribution in [2.24, 2.45) is 0 Å². The maximum Gasteiger partial charge on any atom is 0.294 e. The maximum atomic E-state index is 13.3. The first-order chi connectivity index (χ1) is 16.9. The summed E-state index contributed by atoms with van der Waals surface area (Å²) in [4.78, 5) is 27.7. The summed E-state index contributed by atoms with van der Waals surface area (Å²) in [6.45, 7) is 1.88. The van der Waals surface area contributed by atoms with Gasteiger partial charge in [-0.1, -0.05) is 48.5 Å². The number of carbonyl (C=O) groups excluding carboxylic acids is 2. The summed E-state index contributed by atoms with van der Waals surface area (Å²) in [6.07, 6.45) is 3.34. The van der Waals surface area contributed by atoms with Crippen LogP contribution in [0.2, 0.25) is 0 Å². The molecule has 35 heavy (non-hydrogen) atoms. The number of para-hydroxylation sites is 2. The number of hydrogen-bond donors (Lipinski definition) is 1. The van der Waals surface area contributed by atoms with Gasteiger partial charge in [0.1, 0.15) is 12.3 Å². The minimum Gasteiger partial charge on any atom is -0.496 e. The Bertz CT molecular complexity index is 1240. The highest BCUT2D eigenvalue weighted by atomic mass is 79.9. The van der Waals surface area contributed by atoms with Gasteiger partial charge in [0.15, 0.2) is 11.5 Å². The first-order valence-electron chi connectivity index (χ1n) is 11.4. The van der Waals surface area contributed by atoms with Crippen LogP contribution < -0.4 is 19.7 Å². The summed E-state index contributed by atoms with van der Waals surface area (Å²) >= 11 is 3.46. The van der Waals surface area contributed by atoms with E-state index in [-0.39, 0.29) is 30.2 Å². The second kappa shape index (κ2) is 11.2. The fraction of sp³-hybridized carbons (Fsp3) is 0.214. The molecule has 4 rings (SSSR count). The number of fused-ring (bicyclic) bond motifs is 1. The van der Waals surface area contributed by atoms with E-state index in [1.165, 1.54) is 10.5 Å². The van der Waals surface area contributed by atoms with Gasteiger partial charge in [-0.2, -0.15) is 0 Å². The highest BCUT2D eigenvalue weighted by Gasteiger charge is 2.31. The van der Waals surface area contributed by atoms with Crippen LogP contribution in [0.5, 0.6) is 11.5 Å². The number of aryl methyl sites for hydroxylation is 1. The largest absolute Gasteiger partial charge is 0.496 e. The summed E-state index contributed by atoms with van der Waals surface area (Å²) in [6, 6.07) is 22.8. The van der Waals surface area contributed by atoms with E-state index in [1.807, 2.05) is 49.4 Å². The number of ether oxygens (including phenoxy) is 2. The Morgan fingerprint density at radius 3 is 2.60 bits per heavy atom. The molecular formula is C28H27BrN2O4. The first kappa shape index (κ1) is 24.5. The molecule has 3 aromatic carbocycles. The van der Waals surface area contributed by atoms with Crippen LogP contribution in [0.15, 0.2) is 83.0 Å². The molecule has 0 radical (unpaired) electrons. The van der Waals surface area contributed by atoms with Crippen LogP contribution in [-0.4, -0.2) is 31.5 Å². The summed E-state index contributed by atoms with van der Waals surface area (Å²) in [5.41, 5.74) is 2.56. The molecule has 3 aromatic rings. The Labute approximate surface area is 213 Å². The molecule has 1 aliphatic rings. The fourth-order valence-electron chi connectivity index (χ4n) is 3.91. The van der Waals surface area contributed by atoms with Gasteiger partial charge in [0.25, 0.3) is 5.91 Å². The van der Waals surface area contributed by atoms with E-state index in [2.05, 4.69) is 33.4 Å². The monoisotopic (exact) mass is 534 g/mol. The molecule has 0 saturated carbocycles. The predicted molar refractivity (Wildman–Crippen MR) is 140 cm³/mol. The van der Waals surface area contributed by atoms with Crippen molar-refractivity contribution >= 4 is 39.5 Å². The van der Waals surface area contributed by atoms with Crippen LogP contribution in [0.25, 0.3) is 6.08 Å². The molecule has 0 aliphatic carbocycles. The Kier molecular flexibility index (Phi) is 7.87. The minimum atomic E-state index is -0.372. The van der Waals surface area contributed by atoms with Crippen LogP contribution >= 0.6 is 15.9 Å². The van der Waals surface area contributed by atoms with E-state index in [0.29, 0.717) is 17.2 Å². The molecule has 1 heterocycles. The van der Waals surface area contributed by atoms with Crippen molar-refractivity contribution in [2.45, 2.75) is 25.8 Å². The molecule has 0 aromatic heterocycles. The SMILES string of the molecule is COc1ccc(C=C2Oc3ccccc3N(CC(=O)NC(C)CCc3ccccc3)C2=O)cc1Br. The summed E-state index contributed by atoms with van der Waals surface area (Å²) in [5.74, 6) is 0.763. The van der Waals surface area contributed by atoms with Crippen molar-refractivity contribution in [3.63, 3.8) is 0 Å². The number of nitrogens with zero attached hydrogens (tertiary/aromatic N) is 1. The van der Waals surface area contributed by atoms with Crippen LogP contribution in [0.4, 0.5) is 5.69 Å². The van der Waals surface area contributed by atoms with Gasteiger partial charge in [-0.3, -0.25) is 14.5 Å². The number of anilines is 1. The zero-order chi connectivity index (χ0) is 24.8. The predicted octanol–water partition coefficient (Wildman–Crippen LogP) is 5.36. The molecule has 1 aliphatic heterocycles. The van der Waals surface area contributed by atoms with Crippen LogP contribution in [0, 0.1) is 0 Å². The molecule has 1 N–H and O–H groups in total. The molecule has 180 valence electrons. The van der Waals surface area contributed by atoms with Crippen LogP contribution in [0.3, 0.4) is 0 Å². The third-order valence-electron chi connectivity index (χ3n) is 5.72. The maximum absolute atomic E-state index is 13.3. The smallest absolute Gasteiger partial charge is 0.294 e. The Hall–Kier alpha value is -3.58. The molecular weight excluding hydrogens is 508 g/mol. The number of nitrogens with one attached hydrogen (secondary N) is 1. The Balaban J connectivity index is 1.48. The standard InChI is InChI=1S/C28H27BrN2O4/c1-19(12-13-20-8-4-3-5-9-20)30-27(32)18-31-23-10-6-7-11-25(23)35-26(28(31)33)17-21-14-15-24(34-2)22(29)16-21/h3-11,14-17,19H,12-13,18H2,1-2H3,(H,30,32). The van der Waals surface area contributed by atoms with Gasteiger partial charge in [0.2, 0.25) is 5.91 Å². The van der Waals surface area contributed by atoms with Gasteiger partial charge in [0.05, 0.1) is 17.3 Å². The molecule has 1 atom stereocenters. The number of amides is 2. The molecule has 0 spiro atoms. The van der Waals surface area contributed by atoms with Crippen molar-refractivity contribution < 1.29 is 19.1 Å². The minimum absolute atomic E-state index is 0.0271. The number of methoxy groups -OCH3 is 1. The van der Waals surface area contributed by atoms with Gasteiger partial charge < -0.3 is 14.8 Å². The van der Waals surface area contributed by atoms with E-state index in [4.69, 9.17) is 9.47 Å². The first-order valence-corrected chi connectivity index (χ1v) is 12.2. The zero-order valence-corrected chi connectivity index (χ0v) is 21.2. The molecule has 1 unspecified atom stereocenters. The fourth-order valence-corrected chi connectivity index (χ4v) is 4.47. The van der Waals surface area contributed by atoms with Crippen molar-refractivity contribution in [3.05, 3.63) is 94.2 Å². The van der Waals surface area contributed by atoms with Crippen molar-refractivity contribution in [1.82, 2.24) is 5.32 Å². The van der Waals surface area contributed by atoms with Gasteiger partial charge in [0, 0.05) is 6.04 Å². The van der Waals surface area contributed by atoms with E-state index in [9.17, 15) is 9.59 Å². The van der Waals surface area contributed by atoms with Gasteiger partial charge in [-0.25, -0.2) is 0 Å². The second-order valence-electron chi connectivity index (χ2n) is 8.36. The van der Waals surface area contributed by atoms with E-state index >= 15 is 0 Å². The average Bonchev–Trinajstić information content (AvgIpc) is 2.86. The molecule has 2 amide bonds. The number of carbonyl (C=O) groups is 2. The van der Waals surface area contributed by atoms with E-state index in [1.54, 1.807) is 31.4 Å². The summed E-state index contributed by atoms with van der Waals surface area (Å²) in [5, 5.41) is 3.02. The molecule has 0 bridgehead atoms. The molecule has 0 saturated heterocycles. The lowest BCUT2D eigenvalue weighted by atomic mass is 10.1. The van der Waals surface area contributed by atoms with E-state index < -0.39 is 0 Å². The van der Waals surface area contributed by atoms with Gasteiger partial charge >= 0.3 is 0 Å². The van der Waals surface area contributed by atoms with Crippen molar-refractivity contribution in [2.75, 3.05) is 18.6 Å². The number of halogens is 1. The highest BCUT2D eigenvalue weighted by Crippen LogP contribution is 2.36. The van der Waals surface area contributed by atoms with Crippen molar-refractivity contribution in [3.8, 4) is 11.5 Å². The zero-order valence-electron chi connectivity index (χ0n) is 19.7. The van der Waals surface area contributed by atoms with E-state index in [0.717, 1.165) is 22.9 Å². The van der Waals surface area contributed by atoms with Crippen LogP contribution in [-0.2, 0) is 16.0 Å².